The molecule has 9 heteroatoms. The molecule has 0 aromatic rings. The number of carbonyl (C=O) groups is 2. The van der Waals surface area contributed by atoms with Crippen molar-refractivity contribution in [3.63, 3.8) is 0 Å². The van der Waals surface area contributed by atoms with Gasteiger partial charge in [-0.1, -0.05) is 209 Å². The van der Waals surface area contributed by atoms with E-state index in [9.17, 15) is 19.0 Å². The van der Waals surface area contributed by atoms with Gasteiger partial charge in [0.05, 0.1) is 19.6 Å². The fourth-order valence-corrected chi connectivity index (χ4v) is 7.05. The summed E-state index contributed by atoms with van der Waals surface area (Å²) in [6, 6.07) is 0. The molecule has 0 heterocycles. The van der Waals surface area contributed by atoms with E-state index in [1.165, 1.54) is 122 Å². The molecule has 0 aromatic heterocycles. The van der Waals surface area contributed by atoms with E-state index in [2.05, 4.69) is 56.4 Å². The molecule has 0 saturated heterocycles. The number of carbonyl (C=O) groups excluding carboxylic acids is 2. The Morgan fingerprint density at radius 3 is 1.28 bits per heavy atom. The standard InChI is InChI=1S/C48H85O8P/c1-4-7-9-11-13-15-17-19-21-22-23-24-25-26-27-29-30-32-34-36-38-40-42-47(49)53-44-46(45-55-57(51,52)54-6-3)56-48(50)43-41-39-37-35-33-31-28-20-18-16-14-12-10-8-5-2/h8,10,14,16,20,28,33,35,39,41,46H,4-7,9,11-13,15,17-19,21-27,29-32,34,36-38,40,42-45H2,1-3H3,(H,51,52)/b10-8-,16-14-,28-20-,35-33-,41-39-. The van der Waals surface area contributed by atoms with Gasteiger partial charge in [0, 0.05) is 6.42 Å². The van der Waals surface area contributed by atoms with Gasteiger partial charge in [0.25, 0.3) is 0 Å². The average molecular weight is 821 g/mol. The molecule has 0 bridgehead atoms. The second-order valence-electron chi connectivity index (χ2n) is 15.1. The number of rotatable bonds is 42. The van der Waals surface area contributed by atoms with Gasteiger partial charge < -0.3 is 14.4 Å². The largest absolute Gasteiger partial charge is 0.472 e. The van der Waals surface area contributed by atoms with Crippen molar-refractivity contribution in [3.05, 3.63) is 60.8 Å². The summed E-state index contributed by atoms with van der Waals surface area (Å²) in [6.45, 7) is 5.27. The summed E-state index contributed by atoms with van der Waals surface area (Å²) in [5.41, 5.74) is 0. The Balaban J connectivity index is 4.07. The smallest absolute Gasteiger partial charge is 0.462 e. The van der Waals surface area contributed by atoms with Gasteiger partial charge in [-0.3, -0.25) is 18.6 Å². The SMILES string of the molecule is CC/C=C\C/C=C\C/C=C\C/C=C\C/C=C\CC(=O)OC(COC(=O)CCCCCCCCCCCCCCCCCCCCCCCC)COP(=O)(O)OCC. The fraction of sp³-hybridized carbons (Fsp3) is 0.750. The number of ether oxygens (including phenoxy) is 2. The Hall–Kier alpha value is -2.25. The number of unbranched alkanes of at least 4 members (excludes halogenated alkanes) is 21. The van der Waals surface area contributed by atoms with Crippen LogP contribution in [0.25, 0.3) is 0 Å². The van der Waals surface area contributed by atoms with Crippen molar-refractivity contribution >= 4 is 19.8 Å². The molecule has 8 nitrogen and oxygen atoms in total. The zero-order valence-electron chi connectivity index (χ0n) is 36.7. The summed E-state index contributed by atoms with van der Waals surface area (Å²) in [4.78, 5) is 34.7. The summed E-state index contributed by atoms with van der Waals surface area (Å²) >= 11 is 0. The Bertz CT molecular complexity index is 1110. The Kier molecular flexibility index (Phi) is 41.6. The maximum absolute atomic E-state index is 12.5. The highest BCUT2D eigenvalue weighted by Gasteiger charge is 2.25. The van der Waals surface area contributed by atoms with Crippen molar-refractivity contribution in [2.75, 3.05) is 19.8 Å². The molecule has 0 aliphatic carbocycles. The molecule has 2 unspecified atom stereocenters. The van der Waals surface area contributed by atoms with Crippen LogP contribution in [0.1, 0.15) is 207 Å². The number of esters is 2. The van der Waals surface area contributed by atoms with Crippen molar-refractivity contribution in [1.82, 2.24) is 0 Å². The van der Waals surface area contributed by atoms with E-state index < -0.39 is 26.5 Å². The molecule has 330 valence electrons. The molecule has 0 spiro atoms. The van der Waals surface area contributed by atoms with Crippen LogP contribution in [-0.2, 0) is 32.7 Å². The highest BCUT2D eigenvalue weighted by atomic mass is 31.2. The van der Waals surface area contributed by atoms with Crippen molar-refractivity contribution < 1.29 is 37.6 Å². The van der Waals surface area contributed by atoms with Crippen molar-refractivity contribution in [3.8, 4) is 0 Å². The van der Waals surface area contributed by atoms with Crippen LogP contribution >= 0.6 is 7.82 Å². The Labute approximate surface area is 350 Å². The van der Waals surface area contributed by atoms with Gasteiger partial charge in [-0.15, -0.1) is 0 Å². The van der Waals surface area contributed by atoms with Crippen LogP contribution in [0.5, 0.6) is 0 Å². The maximum atomic E-state index is 12.5. The highest BCUT2D eigenvalue weighted by Crippen LogP contribution is 2.43. The van der Waals surface area contributed by atoms with Crippen LogP contribution in [0.15, 0.2) is 60.8 Å². The first-order valence-corrected chi connectivity index (χ1v) is 24.6. The third kappa shape index (κ3) is 43.2. The van der Waals surface area contributed by atoms with Gasteiger partial charge in [0.1, 0.15) is 6.61 Å². The van der Waals surface area contributed by atoms with Crippen molar-refractivity contribution in [1.29, 1.82) is 0 Å². The molecule has 1 N–H and O–H groups in total. The minimum atomic E-state index is -4.31. The van der Waals surface area contributed by atoms with Crippen LogP contribution in [0, 0.1) is 0 Å². The summed E-state index contributed by atoms with van der Waals surface area (Å²) in [6.07, 6.45) is 53.2. The minimum absolute atomic E-state index is 0.0136. The topological polar surface area (TPSA) is 108 Å². The van der Waals surface area contributed by atoms with E-state index >= 15 is 0 Å². The summed E-state index contributed by atoms with van der Waals surface area (Å²) in [5.74, 6) is -0.941. The lowest BCUT2D eigenvalue weighted by atomic mass is 10.0. The number of phosphoric acid groups is 1. The highest BCUT2D eigenvalue weighted by molar-refractivity contribution is 7.47. The average Bonchev–Trinajstić information content (AvgIpc) is 3.19. The van der Waals surface area contributed by atoms with E-state index in [0.29, 0.717) is 6.42 Å². The van der Waals surface area contributed by atoms with Crippen LogP contribution in [0.3, 0.4) is 0 Å². The number of hydrogen-bond acceptors (Lipinski definition) is 7. The lowest BCUT2D eigenvalue weighted by molar-refractivity contribution is -0.160. The fourth-order valence-electron chi connectivity index (χ4n) is 6.29. The zero-order valence-corrected chi connectivity index (χ0v) is 37.6. The van der Waals surface area contributed by atoms with Crippen LogP contribution < -0.4 is 0 Å². The van der Waals surface area contributed by atoms with Crippen LogP contribution in [-0.4, -0.2) is 42.8 Å². The zero-order chi connectivity index (χ0) is 41.8. The molecule has 0 aliphatic heterocycles. The summed E-state index contributed by atoms with van der Waals surface area (Å²) in [7, 11) is -4.31. The van der Waals surface area contributed by atoms with Crippen LogP contribution in [0.4, 0.5) is 0 Å². The normalized spacial score (nSPS) is 13.8. The molecule has 0 aromatic carbocycles. The van der Waals surface area contributed by atoms with Gasteiger partial charge in [-0.2, -0.15) is 0 Å². The van der Waals surface area contributed by atoms with E-state index in [0.717, 1.165) is 44.9 Å². The van der Waals surface area contributed by atoms with Crippen molar-refractivity contribution in [2.24, 2.45) is 0 Å². The molecule has 0 rings (SSSR count). The van der Waals surface area contributed by atoms with E-state index in [4.69, 9.17) is 18.5 Å². The summed E-state index contributed by atoms with van der Waals surface area (Å²) in [5, 5.41) is 0. The lowest BCUT2D eigenvalue weighted by Gasteiger charge is -2.19. The first kappa shape index (κ1) is 54.8. The van der Waals surface area contributed by atoms with Gasteiger partial charge in [-0.05, 0) is 45.4 Å². The van der Waals surface area contributed by atoms with Gasteiger partial charge in [0.2, 0.25) is 0 Å². The Morgan fingerprint density at radius 2 is 0.877 bits per heavy atom. The number of hydrogen-bond donors (Lipinski definition) is 1. The second kappa shape index (κ2) is 43.3. The second-order valence-corrected chi connectivity index (χ2v) is 16.5. The maximum Gasteiger partial charge on any atom is 0.472 e. The van der Waals surface area contributed by atoms with Gasteiger partial charge >= 0.3 is 19.8 Å². The molecular formula is C48H85O8P. The third-order valence-corrected chi connectivity index (χ3v) is 10.7. The van der Waals surface area contributed by atoms with Gasteiger partial charge in [0.15, 0.2) is 6.10 Å². The van der Waals surface area contributed by atoms with E-state index in [1.807, 2.05) is 12.2 Å². The van der Waals surface area contributed by atoms with E-state index in [-0.39, 0.29) is 32.0 Å². The minimum Gasteiger partial charge on any atom is -0.462 e. The molecule has 0 amide bonds. The Morgan fingerprint density at radius 1 is 0.491 bits per heavy atom. The quantitative estimate of drug-likeness (QED) is 0.0281. The van der Waals surface area contributed by atoms with Gasteiger partial charge in [-0.25, -0.2) is 4.57 Å². The number of allylic oxidation sites excluding steroid dienone is 9. The third-order valence-electron chi connectivity index (χ3n) is 9.62. The predicted molar refractivity (Wildman–Crippen MR) is 239 cm³/mol. The lowest BCUT2D eigenvalue weighted by Crippen LogP contribution is -2.29. The molecule has 0 saturated carbocycles. The molecule has 57 heavy (non-hydrogen) atoms. The molecule has 0 radical (unpaired) electrons. The molecule has 2 atom stereocenters. The molecule has 0 fully saturated rings. The van der Waals surface area contributed by atoms with Crippen molar-refractivity contribution in [2.45, 2.75) is 213 Å². The molecule has 0 aliphatic rings. The molecular weight excluding hydrogens is 735 g/mol. The summed E-state index contributed by atoms with van der Waals surface area (Å²) < 4.78 is 32.5. The first-order chi connectivity index (χ1) is 27.8. The number of phosphoric ester groups is 1. The predicted octanol–water partition coefficient (Wildman–Crippen LogP) is 14.7. The monoisotopic (exact) mass is 821 g/mol. The first-order valence-electron chi connectivity index (χ1n) is 23.1. The van der Waals surface area contributed by atoms with E-state index in [1.54, 1.807) is 13.0 Å². The van der Waals surface area contributed by atoms with Crippen LogP contribution in [0.2, 0.25) is 0 Å².